The number of rotatable bonds is 6. The Morgan fingerprint density at radius 3 is 2.56 bits per heavy atom. The zero-order valence-electron chi connectivity index (χ0n) is 9.23. The van der Waals surface area contributed by atoms with Gasteiger partial charge in [-0.15, -0.1) is 0 Å². The molecule has 0 radical (unpaired) electrons. The van der Waals surface area contributed by atoms with Crippen LogP contribution in [-0.2, 0) is 4.74 Å². The summed E-state index contributed by atoms with van der Waals surface area (Å²) in [7, 11) is 1.68. The molecule has 3 N–H and O–H groups in total. The third-order valence-corrected chi connectivity index (χ3v) is 1.99. The number of nitrogens with one attached hydrogen (secondary N) is 1. The maximum Gasteiger partial charge on any atom is 0.168 e. The van der Waals surface area contributed by atoms with Crippen LogP contribution in [0.4, 0.5) is 5.69 Å². The lowest BCUT2D eigenvalue weighted by Gasteiger charge is -2.07. The molecule has 0 fully saturated rings. The number of hydrogen-bond acceptors (Lipinski definition) is 3. The molecule has 1 rings (SSSR count). The lowest BCUT2D eigenvalue weighted by molar-refractivity contribution is 0.172. The zero-order chi connectivity index (χ0) is 11.8. The second-order valence-electron chi connectivity index (χ2n) is 3.21. The molecule has 0 aliphatic rings. The SMILES string of the molecule is COCCCOc1ccc(NC(N)=S)cc1. The number of hydrogen-bond donors (Lipinski definition) is 2. The normalized spacial score (nSPS) is 9.81. The molecule has 5 heteroatoms. The van der Waals surface area contributed by atoms with Crippen molar-refractivity contribution < 1.29 is 9.47 Å². The highest BCUT2D eigenvalue weighted by Crippen LogP contribution is 2.15. The second kappa shape index (κ2) is 7.03. The van der Waals surface area contributed by atoms with Gasteiger partial charge in [-0.3, -0.25) is 0 Å². The number of anilines is 1. The molecule has 0 aliphatic carbocycles. The highest BCUT2D eigenvalue weighted by Gasteiger charge is 1.96. The van der Waals surface area contributed by atoms with E-state index in [1.807, 2.05) is 24.3 Å². The van der Waals surface area contributed by atoms with Gasteiger partial charge >= 0.3 is 0 Å². The van der Waals surface area contributed by atoms with Gasteiger partial charge in [-0.25, -0.2) is 0 Å². The molecule has 0 saturated heterocycles. The second-order valence-corrected chi connectivity index (χ2v) is 3.65. The van der Waals surface area contributed by atoms with Crippen LogP contribution in [0.25, 0.3) is 0 Å². The first-order valence-corrected chi connectivity index (χ1v) is 5.41. The minimum atomic E-state index is 0.258. The molecule has 1 aromatic rings. The Bertz CT molecular complexity index is 327. The molecule has 0 bridgehead atoms. The van der Waals surface area contributed by atoms with E-state index in [2.05, 4.69) is 5.32 Å². The van der Waals surface area contributed by atoms with Crippen molar-refractivity contribution in [2.75, 3.05) is 25.6 Å². The van der Waals surface area contributed by atoms with Crippen LogP contribution in [0.2, 0.25) is 0 Å². The summed E-state index contributed by atoms with van der Waals surface area (Å²) in [5, 5.41) is 3.10. The van der Waals surface area contributed by atoms with Crippen molar-refractivity contribution in [3.8, 4) is 5.75 Å². The standard InChI is InChI=1S/C11H16N2O2S/c1-14-7-2-8-15-10-5-3-9(4-6-10)13-11(12)16/h3-6H,2,7-8H2,1H3,(H3,12,13,16). The Labute approximate surface area is 101 Å². The smallest absolute Gasteiger partial charge is 0.168 e. The molecule has 0 saturated carbocycles. The van der Waals surface area contributed by atoms with Crippen LogP contribution in [-0.4, -0.2) is 25.4 Å². The van der Waals surface area contributed by atoms with Crippen LogP contribution in [0, 0.1) is 0 Å². The summed E-state index contributed by atoms with van der Waals surface area (Å²) in [6.07, 6.45) is 0.878. The average Bonchev–Trinajstić information content (AvgIpc) is 2.26. The molecular formula is C11H16N2O2S. The van der Waals surface area contributed by atoms with E-state index in [0.29, 0.717) is 13.2 Å². The van der Waals surface area contributed by atoms with Crippen molar-refractivity contribution >= 4 is 23.0 Å². The van der Waals surface area contributed by atoms with Gasteiger partial charge < -0.3 is 20.5 Å². The van der Waals surface area contributed by atoms with E-state index in [4.69, 9.17) is 27.4 Å². The van der Waals surface area contributed by atoms with Crippen molar-refractivity contribution in [3.63, 3.8) is 0 Å². The predicted molar refractivity (Wildman–Crippen MR) is 68.8 cm³/mol. The van der Waals surface area contributed by atoms with E-state index in [0.717, 1.165) is 17.9 Å². The Balaban J connectivity index is 2.36. The van der Waals surface area contributed by atoms with Crippen molar-refractivity contribution in [3.05, 3.63) is 24.3 Å². The lowest BCUT2D eigenvalue weighted by Crippen LogP contribution is -2.18. The van der Waals surface area contributed by atoms with Gasteiger partial charge in [0, 0.05) is 25.8 Å². The first kappa shape index (κ1) is 12.7. The van der Waals surface area contributed by atoms with E-state index in [1.54, 1.807) is 7.11 Å². The van der Waals surface area contributed by atoms with Gasteiger partial charge in [0.1, 0.15) is 5.75 Å². The summed E-state index contributed by atoms with van der Waals surface area (Å²) in [6.45, 7) is 1.36. The molecule has 0 heterocycles. The number of thiocarbonyl (C=S) groups is 1. The fourth-order valence-electron chi connectivity index (χ4n) is 1.17. The monoisotopic (exact) mass is 240 g/mol. The Morgan fingerprint density at radius 2 is 2.00 bits per heavy atom. The molecule has 4 nitrogen and oxygen atoms in total. The zero-order valence-corrected chi connectivity index (χ0v) is 10.0. The molecule has 0 unspecified atom stereocenters. The highest BCUT2D eigenvalue weighted by molar-refractivity contribution is 7.80. The first-order valence-electron chi connectivity index (χ1n) is 5.00. The van der Waals surface area contributed by atoms with Crippen molar-refractivity contribution in [1.82, 2.24) is 0 Å². The highest BCUT2D eigenvalue weighted by atomic mass is 32.1. The van der Waals surface area contributed by atoms with Gasteiger partial charge in [0.2, 0.25) is 0 Å². The minimum Gasteiger partial charge on any atom is -0.494 e. The third kappa shape index (κ3) is 4.95. The summed E-state index contributed by atoms with van der Waals surface area (Å²) in [5.74, 6) is 0.824. The number of ether oxygens (including phenoxy) is 2. The van der Waals surface area contributed by atoms with Gasteiger partial charge in [0.25, 0.3) is 0 Å². The van der Waals surface area contributed by atoms with Gasteiger partial charge in [-0.05, 0) is 36.5 Å². The van der Waals surface area contributed by atoms with Crippen LogP contribution < -0.4 is 15.8 Å². The fourth-order valence-corrected chi connectivity index (χ4v) is 1.29. The minimum absolute atomic E-state index is 0.258. The molecule has 0 spiro atoms. The lowest BCUT2D eigenvalue weighted by atomic mass is 10.3. The first-order chi connectivity index (χ1) is 7.72. The molecule has 16 heavy (non-hydrogen) atoms. The quantitative estimate of drug-likeness (QED) is 0.586. The van der Waals surface area contributed by atoms with Crippen molar-refractivity contribution in [1.29, 1.82) is 0 Å². The largest absolute Gasteiger partial charge is 0.494 e. The number of benzene rings is 1. The van der Waals surface area contributed by atoms with E-state index >= 15 is 0 Å². The van der Waals surface area contributed by atoms with Crippen LogP contribution in [0.3, 0.4) is 0 Å². The molecule has 0 aromatic heterocycles. The van der Waals surface area contributed by atoms with E-state index in [-0.39, 0.29) is 5.11 Å². The summed E-state index contributed by atoms with van der Waals surface area (Å²) in [6, 6.07) is 7.47. The summed E-state index contributed by atoms with van der Waals surface area (Å²) >= 11 is 4.73. The molecule has 88 valence electrons. The summed E-state index contributed by atoms with van der Waals surface area (Å²) in [4.78, 5) is 0. The topological polar surface area (TPSA) is 56.5 Å². The van der Waals surface area contributed by atoms with Gasteiger partial charge in [-0.1, -0.05) is 0 Å². The Kier molecular flexibility index (Phi) is 5.60. The molecule has 0 aliphatic heterocycles. The van der Waals surface area contributed by atoms with Gasteiger partial charge in [0.05, 0.1) is 6.61 Å². The van der Waals surface area contributed by atoms with Gasteiger partial charge in [-0.2, -0.15) is 0 Å². The van der Waals surface area contributed by atoms with Crippen LogP contribution in [0.5, 0.6) is 5.75 Å². The molecule has 0 amide bonds. The maximum atomic E-state index is 5.50. The average molecular weight is 240 g/mol. The fraction of sp³-hybridized carbons (Fsp3) is 0.364. The Morgan fingerprint density at radius 1 is 1.31 bits per heavy atom. The Hall–Kier alpha value is -1.33. The van der Waals surface area contributed by atoms with E-state index in [1.165, 1.54) is 0 Å². The molecule has 0 atom stereocenters. The van der Waals surface area contributed by atoms with Crippen molar-refractivity contribution in [2.45, 2.75) is 6.42 Å². The van der Waals surface area contributed by atoms with Crippen molar-refractivity contribution in [2.24, 2.45) is 5.73 Å². The predicted octanol–water partition coefficient (Wildman–Crippen LogP) is 1.76. The van der Waals surface area contributed by atoms with E-state index in [9.17, 15) is 0 Å². The third-order valence-electron chi connectivity index (χ3n) is 1.88. The molecular weight excluding hydrogens is 224 g/mol. The van der Waals surface area contributed by atoms with Crippen LogP contribution in [0.1, 0.15) is 6.42 Å². The number of nitrogens with two attached hydrogens (primary N) is 1. The van der Waals surface area contributed by atoms with E-state index < -0.39 is 0 Å². The van der Waals surface area contributed by atoms with Crippen LogP contribution >= 0.6 is 12.2 Å². The number of methoxy groups -OCH3 is 1. The summed E-state index contributed by atoms with van der Waals surface area (Å²) in [5.41, 5.74) is 6.21. The van der Waals surface area contributed by atoms with Gasteiger partial charge in [0.15, 0.2) is 5.11 Å². The summed E-state index contributed by atoms with van der Waals surface area (Å²) < 4.78 is 10.4. The maximum absolute atomic E-state index is 5.50. The van der Waals surface area contributed by atoms with Crippen LogP contribution in [0.15, 0.2) is 24.3 Å². The molecule has 1 aromatic carbocycles.